The largest absolute Gasteiger partial charge is 0.378 e. The third-order valence-corrected chi connectivity index (χ3v) is 3.29. The molecular weight excluding hydrogens is 240 g/mol. The van der Waals surface area contributed by atoms with Gasteiger partial charge in [-0.3, -0.25) is 0 Å². The molecule has 19 heavy (non-hydrogen) atoms. The van der Waals surface area contributed by atoms with Crippen LogP contribution in [0.3, 0.4) is 0 Å². The molecule has 0 N–H and O–H groups in total. The number of nitriles is 1. The summed E-state index contributed by atoms with van der Waals surface area (Å²) >= 11 is 0. The molecule has 0 aliphatic carbocycles. The van der Waals surface area contributed by atoms with E-state index in [4.69, 9.17) is 4.74 Å². The molecule has 2 aromatic rings. The molecule has 1 fully saturated rings. The first-order valence-corrected chi connectivity index (χ1v) is 6.30. The van der Waals surface area contributed by atoms with E-state index in [-0.39, 0.29) is 0 Å². The number of nitrogens with zero attached hydrogens (tertiary/aromatic N) is 4. The normalized spacial score (nSPS) is 15.5. The molecule has 96 valence electrons. The molecule has 1 aromatic carbocycles. The maximum atomic E-state index is 9.27. The van der Waals surface area contributed by atoms with E-state index < -0.39 is 0 Å². The van der Waals surface area contributed by atoms with Gasteiger partial charge >= 0.3 is 0 Å². The summed E-state index contributed by atoms with van der Waals surface area (Å²) in [4.78, 5) is 11.1. The number of para-hydroxylation sites is 1. The number of rotatable bonds is 1. The Morgan fingerprint density at radius 1 is 1.26 bits per heavy atom. The second kappa shape index (κ2) is 4.82. The summed E-state index contributed by atoms with van der Waals surface area (Å²) in [5.41, 5.74) is 3.10. The number of hydrogen-bond donors (Lipinski definition) is 0. The Bertz CT molecular complexity index is 656. The molecule has 2 heterocycles. The van der Waals surface area contributed by atoms with Crippen molar-refractivity contribution in [2.45, 2.75) is 6.92 Å². The summed E-state index contributed by atoms with van der Waals surface area (Å²) in [6, 6.07) is 7.98. The lowest BCUT2D eigenvalue weighted by Gasteiger charge is -2.28. The Morgan fingerprint density at radius 3 is 2.79 bits per heavy atom. The molecule has 1 aromatic heterocycles. The van der Waals surface area contributed by atoms with Crippen LogP contribution in [0, 0.1) is 18.3 Å². The zero-order valence-corrected chi connectivity index (χ0v) is 10.8. The van der Waals surface area contributed by atoms with Crippen molar-refractivity contribution in [3.63, 3.8) is 0 Å². The average molecular weight is 254 g/mol. The molecule has 1 aliphatic heterocycles. The number of benzene rings is 1. The summed E-state index contributed by atoms with van der Waals surface area (Å²) in [5.74, 6) is 0.674. The standard InChI is InChI=1S/C14H14N4O/c1-10-3-2-4-11-13(10)17-14(12(9-15)16-11)18-5-7-19-8-6-18/h2-4H,5-8H2,1H3. The fourth-order valence-electron chi connectivity index (χ4n) is 2.28. The molecule has 0 atom stereocenters. The van der Waals surface area contributed by atoms with Gasteiger partial charge in [-0.15, -0.1) is 0 Å². The fraction of sp³-hybridized carbons (Fsp3) is 0.357. The highest BCUT2D eigenvalue weighted by molar-refractivity contribution is 5.80. The molecule has 0 amide bonds. The van der Waals surface area contributed by atoms with Crippen LogP contribution in [-0.2, 0) is 4.74 Å². The van der Waals surface area contributed by atoms with Crippen molar-refractivity contribution in [1.29, 1.82) is 5.26 Å². The molecule has 5 nitrogen and oxygen atoms in total. The SMILES string of the molecule is Cc1cccc2nc(C#N)c(N3CCOCC3)nc12. The highest BCUT2D eigenvalue weighted by atomic mass is 16.5. The van der Waals surface area contributed by atoms with E-state index in [0.29, 0.717) is 24.7 Å². The Kier molecular flexibility index (Phi) is 3.02. The number of anilines is 1. The summed E-state index contributed by atoms with van der Waals surface area (Å²) in [6.45, 7) is 4.84. The van der Waals surface area contributed by atoms with E-state index in [1.165, 1.54) is 0 Å². The van der Waals surface area contributed by atoms with Gasteiger partial charge in [-0.05, 0) is 18.6 Å². The van der Waals surface area contributed by atoms with Crippen molar-refractivity contribution in [2.75, 3.05) is 31.2 Å². The van der Waals surface area contributed by atoms with Gasteiger partial charge < -0.3 is 9.64 Å². The predicted octanol–water partition coefficient (Wildman–Crippen LogP) is 1.65. The second-order valence-corrected chi connectivity index (χ2v) is 4.55. The molecule has 0 bridgehead atoms. The first-order chi connectivity index (χ1) is 9.29. The number of morpholine rings is 1. The molecule has 0 saturated carbocycles. The van der Waals surface area contributed by atoms with E-state index in [1.807, 2.05) is 25.1 Å². The van der Waals surface area contributed by atoms with Gasteiger partial charge in [0.1, 0.15) is 6.07 Å². The summed E-state index contributed by atoms with van der Waals surface area (Å²) in [5, 5.41) is 9.27. The lowest BCUT2D eigenvalue weighted by molar-refractivity contribution is 0.122. The van der Waals surface area contributed by atoms with Crippen molar-refractivity contribution in [3.8, 4) is 6.07 Å². The third kappa shape index (κ3) is 2.11. The number of aromatic nitrogens is 2. The molecule has 1 aliphatic rings. The molecule has 1 saturated heterocycles. The lowest BCUT2D eigenvalue weighted by atomic mass is 10.2. The van der Waals surface area contributed by atoms with Gasteiger partial charge in [0.25, 0.3) is 0 Å². The van der Waals surface area contributed by atoms with E-state index in [0.717, 1.165) is 29.7 Å². The average Bonchev–Trinajstić information content (AvgIpc) is 2.47. The van der Waals surface area contributed by atoms with Gasteiger partial charge in [0.05, 0.1) is 24.2 Å². The van der Waals surface area contributed by atoms with Crippen LogP contribution in [0.15, 0.2) is 18.2 Å². The van der Waals surface area contributed by atoms with Crippen molar-refractivity contribution >= 4 is 16.9 Å². The number of fused-ring (bicyclic) bond motifs is 1. The zero-order chi connectivity index (χ0) is 13.2. The Hall–Kier alpha value is -2.19. The van der Waals surface area contributed by atoms with Crippen molar-refractivity contribution in [2.24, 2.45) is 0 Å². The lowest BCUT2D eigenvalue weighted by Crippen LogP contribution is -2.37. The van der Waals surface area contributed by atoms with Crippen LogP contribution in [-0.4, -0.2) is 36.3 Å². The Balaban J connectivity index is 2.16. The van der Waals surface area contributed by atoms with Crippen LogP contribution in [0.25, 0.3) is 11.0 Å². The van der Waals surface area contributed by atoms with Crippen LogP contribution in [0.5, 0.6) is 0 Å². The molecular formula is C14H14N4O. The first-order valence-electron chi connectivity index (χ1n) is 6.30. The predicted molar refractivity (Wildman–Crippen MR) is 72.0 cm³/mol. The number of aryl methyl sites for hydroxylation is 1. The van der Waals surface area contributed by atoms with E-state index >= 15 is 0 Å². The number of hydrogen-bond acceptors (Lipinski definition) is 5. The van der Waals surface area contributed by atoms with Crippen molar-refractivity contribution < 1.29 is 4.74 Å². The Morgan fingerprint density at radius 2 is 2.05 bits per heavy atom. The minimum Gasteiger partial charge on any atom is -0.378 e. The van der Waals surface area contributed by atoms with E-state index in [2.05, 4.69) is 20.9 Å². The van der Waals surface area contributed by atoms with Crippen LogP contribution >= 0.6 is 0 Å². The van der Waals surface area contributed by atoms with Crippen LogP contribution in [0.4, 0.5) is 5.82 Å². The van der Waals surface area contributed by atoms with E-state index in [1.54, 1.807) is 0 Å². The molecule has 3 rings (SSSR count). The van der Waals surface area contributed by atoms with Crippen LogP contribution in [0.1, 0.15) is 11.3 Å². The van der Waals surface area contributed by atoms with Crippen molar-refractivity contribution in [3.05, 3.63) is 29.5 Å². The molecule has 0 unspecified atom stereocenters. The smallest absolute Gasteiger partial charge is 0.183 e. The maximum Gasteiger partial charge on any atom is 0.183 e. The number of ether oxygens (including phenoxy) is 1. The minimum absolute atomic E-state index is 0.389. The zero-order valence-electron chi connectivity index (χ0n) is 10.8. The van der Waals surface area contributed by atoms with Gasteiger partial charge in [-0.25, -0.2) is 9.97 Å². The quantitative estimate of drug-likeness (QED) is 0.774. The van der Waals surface area contributed by atoms with Gasteiger partial charge in [0.15, 0.2) is 11.5 Å². The van der Waals surface area contributed by atoms with Gasteiger partial charge in [0.2, 0.25) is 0 Å². The topological polar surface area (TPSA) is 62.0 Å². The summed E-state index contributed by atoms with van der Waals surface area (Å²) < 4.78 is 5.33. The van der Waals surface area contributed by atoms with Gasteiger partial charge in [0, 0.05) is 13.1 Å². The van der Waals surface area contributed by atoms with Crippen LogP contribution in [0.2, 0.25) is 0 Å². The second-order valence-electron chi connectivity index (χ2n) is 4.55. The molecule has 0 radical (unpaired) electrons. The minimum atomic E-state index is 0.389. The maximum absolute atomic E-state index is 9.27. The fourth-order valence-corrected chi connectivity index (χ4v) is 2.28. The first kappa shape index (κ1) is 11.9. The molecule has 0 spiro atoms. The highest BCUT2D eigenvalue weighted by Crippen LogP contribution is 2.22. The molecule has 5 heteroatoms. The summed E-state index contributed by atoms with van der Waals surface area (Å²) in [6.07, 6.45) is 0. The third-order valence-electron chi connectivity index (χ3n) is 3.29. The van der Waals surface area contributed by atoms with Gasteiger partial charge in [-0.2, -0.15) is 5.26 Å². The van der Waals surface area contributed by atoms with Crippen LogP contribution < -0.4 is 4.90 Å². The highest BCUT2D eigenvalue weighted by Gasteiger charge is 2.18. The van der Waals surface area contributed by atoms with E-state index in [9.17, 15) is 5.26 Å². The van der Waals surface area contributed by atoms with Crippen molar-refractivity contribution in [1.82, 2.24) is 9.97 Å². The summed E-state index contributed by atoms with van der Waals surface area (Å²) in [7, 11) is 0. The Labute approximate surface area is 111 Å². The monoisotopic (exact) mass is 254 g/mol. The van der Waals surface area contributed by atoms with Gasteiger partial charge in [-0.1, -0.05) is 12.1 Å².